The second-order valence-electron chi connectivity index (χ2n) is 9.61. The Hall–Kier alpha value is -5.55. The molecule has 0 fully saturated rings. The van der Waals surface area contributed by atoms with Crippen LogP contribution in [0, 0.1) is 0 Å². The highest BCUT2D eigenvalue weighted by molar-refractivity contribution is 8.00. The van der Waals surface area contributed by atoms with E-state index in [0.717, 1.165) is 4.90 Å². The molecule has 45 heavy (non-hydrogen) atoms. The highest BCUT2D eigenvalue weighted by Crippen LogP contribution is 2.29. The summed E-state index contributed by atoms with van der Waals surface area (Å²) in [5.41, 5.74) is 2.02. The molecule has 0 bridgehead atoms. The van der Waals surface area contributed by atoms with Gasteiger partial charge >= 0.3 is 5.97 Å². The van der Waals surface area contributed by atoms with Crippen LogP contribution in [0.1, 0.15) is 33.2 Å². The van der Waals surface area contributed by atoms with Crippen molar-refractivity contribution in [3.8, 4) is 11.5 Å². The maximum atomic E-state index is 13.5. The first kappa shape index (κ1) is 32.4. The van der Waals surface area contributed by atoms with E-state index in [1.165, 1.54) is 56.3 Å². The second-order valence-corrected chi connectivity index (χ2v) is 11.0. The number of carbonyl (C=O) groups excluding carboxylic acids is 3. The maximum Gasteiger partial charge on any atom is 0.335 e. The monoisotopic (exact) mass is 625 g/mol. The molecule has 0 spiro atoms. The molecule has 3 amide bonds. The average Bonchev–Trinajstić information content (AvgIpc) is 3.05. The number of anilines is 2. The molecule has 230 valence electrons. The van der Waals surface area contributed by atoms with Crippen LogP contribution in [-0.4, -0.2) is 48.3 Å². The highest BCUT2D eigenvalue weighted by atomic mass is 32.2. The van der Waals surface area contributed by atoms with Crippen molar-refractivity contribution in [1.82, 2.24) is 5.32 Å². The molecule has 11 heteroatoms. The minimum absolute atomic E-state index is 0.00390. The zero-order valence-electron chi connectivity index (χ0n) is 24.7. The van der Waals surface area contributed by atoms with Crippen LogP contribution in [0.15, 0.2) is 108 Å². The Morgan fingerprint density at radius 1 is 0.756 bits per heavy atom. The van der Waals surface area contributed by atoms with Gasteiger partial charge in [0.25, 0.3) is 11.8 Å². The molecule has 0 aliphatic rings. The summed E-state index contributed by atoms with van der Waals surface area (Å²) in [7, 11) is 3.03. The van der Waals surface area contributed by atoms with E-state index in [4.69, 9.17) is 14.6 Å². The van der Waals surface area contributed by atoms with Gasteiger partial charge in [-0.2, -0.15) is 0 Å². The number of ether oxygens (including phenoxy) is 2. The molecule has 0 saturated heterocycles. The van der Waals surface area contributed by atoms with E-state index in [2.05, 4.69) is 16.0 Å². The van der Waals surface area contributed by atoms with Gasteiger partial charge in [0, 0.05) is 21.8 Å². The number of rotatable bonds is 12. The smallest absolute Gasteiger partial charge is 0.335 e. The number of thioether (sulfide) groups is 1. The standard InChI is InChI=1S/C34H31N3O7S/c1-21(31(38)35-25-15-13-24(14-16-25)34(41)42)45-27-11-7-10-26(20-27)36-33(40)28(37-32(39)23-8-5-4-6-9-23)18-22-12-17-29(43-2)30(19-22)44-3/h4-21H,1-3H3,(H,35,38)(H,36,40)(H,37,39)(H,41,42)/b28-18+. The Bertz CT molecular complexity index is 1720. The molecule has 1 atom stereocenters. The van der Waals surface area contributed by atoms with Crippen LogP contribution in [-0.2, 0) is 9.59 Å². The first-order chi connectivity index (χ1) is 21.7. The first-order valence-corrected chi connectivity index (χ1v) is 14.6. The van der Waals surface area contributed by atoms with E-state index in [0.29, 0.717) is 34.0 Å². The summed E-state index contributed by atoms with van der Waals surface area (Å²) in [5, 5.41) is 16.9. The minimum atomic E-state index is -1.05. The van der Waals surface area contributed by atoms with Crippen molar-refractivity contribution in [2.45, 2.75) is 17.1 Å². The minimum Gasteiger partial charge on any atom is -0.493 e. The van der Waals surface area contributed by atoms with E-state index >= 15 is 0 Å². The molecular weight excluding hydrogens is 594 g/mol. The predicted octanol–water partition coefficient (Wildman–Crippen LogP) is 5.93. The zero-order valence-corrected chi connectivity index (χ0v) is 25.5. The van der Waals surface area contributed by atoms with Crippen LogP contribution in [0.3, 0.4) is 0 Å². The number of carboxylic acids is 1. The highest BCUT2D eigenvalue weighted by Gasteiger charge is 2.18. The van der Waals surface area contributed by atoms with Gasteiger partial charge in [-0.25, -0.2) is 4.79 Å². The van der Waals surface area contributed by atoms with Crippen LogP contribution in [0.2, 0.25) is 0 Å². The van der Waals surface area contributed by atoms with Gasteiger partial charge in [0.15, 0.2) is 11.5 Å². The number of benzene rings is 4. The zero-order chi connectivity index (χ0) is 32.3. The number of carboxylic acid groups (broad SMARTS) is 1. The van der Waals surface area contributed by atoms with Crippen molar-refractivity contribution >= 4 is 52.9 Å². The van der Waals surface area contributed by atoms with Crippen LogP contribution in [0.4, 0.5) is 11.4 Å². The fraction of sp³-hybridized carbons (Fsp3) is 0.118. The number of amides is 3. The normalized spacial score (nSPS) is 11.6. The van der Waals surface area contributed by atoms with Gasteiger partial charge in [0.2, 0.25) is 5.91 Å². The van der Waals surface area contributed by atoms with Crippen molar-refractivity contribution in [3.63, 3.8) is 0 Å². The summed E-state index contributed by atoms with van der Waals surface area (Å²) < 4.78 is 10.7. The molecule has 0 aliphatic heterocycles. The number of hydrogen-bond acceptors (Lipinski definition) is 7. The number of aromatic carboxylic acids is 1. The molecule has 0 aliphatic carbocycles. The molecule has 10 nitrogen and oxygen atoms in total. The molecule has 0 heterocycles. The molecular formula is C34H31N3O7S. The Balaban J connectivity index is 1.50. The molecule has 4 aromatic rings. The lowest BCUT2D eigenvalue weighted by Crippen LogP contribution is -2.30. The quantitative estimate of drug-likeness (QED) is 0.112. The Labute approximate surface area is 264 Å². The van der Waals surface area contributed by atoms with Crippen molar-refractivity contribution in [2.75, 3.05) is 24.9 Å². The second kappa shape index (κ2) is 15.3. The SMILES string of the molecule is COc1ccc(/C=C(/NC(=O)c2ccccc2)C(=O)Nc2cccc(SC(C)C(=O)Nc3ccc(C(=O)O)cc3)c2)cc1OC. The molecule has 4 aromatic carbocycles. The van der Waals surface area contributed by atoms with E-state index < -0.39 is 23.0 Å². The summed E-state index contributed by atoms with van der Waals surface area (Å²) in [5.74, 6) is -1.37. The molecule has 0 saturated carbocycles. The summed E-state index contributed by atoms with van der Waals surface area (Å²) in [6.45, 7) is 1.74. The summed E-state index contributed by atoms with van der Waals surface area (Å²) in [6, 6.07) is 26.5. The topological polar surface area (TPSA) is 143 Å². The number of nitrogens with one attached hydrogen (secondary N) is 3. The first-order valence-electron chi connectivity index (χ1n) is 13.7. The van der Waals surface area contributed by atoms with Gasteiger partial charge in [-0.3, -0.25) is 14.4 Å². The van der Waals surface area contributed by atoms with E-state index in [-0.39, 0.29) is 17.2 Å². The Morgan fingerprint density at radius 2 is 1.47 bits per heavy atom. The third-order valence-electron chi connectivity index (χ3n) is 6.42. The van der Waals surface area contributed by atoms with Gasteiger partial charge in [-0.05, 0) is 85.3 Å². The lowest BCUT2D eigenvalue weighted by molar-refractivity contribution is -0.115. The third kappa shape index (κ3) is 8.97. The third-order valence-corrected chi connectivity index (χ3v) is 7.51. The summed E-state index contributed by atoms with van der Waals surface area (Å²) in [6.07, 6.45) is 1.53. The number of hydrogen-bond donors (Lipinski definition) is 4. The van der Waals surface area contributed by atoms with E-state index in [1.54, 1.807) is 73.7 Å². The van der Waals surface area contributed by atoms with Gasteiger partial charge in [-0.15, -0.1) is 11.8 Å². The molecule has 4 rings (SSSR count). The molecule has 4 N–H and O–H groups in total. The van der Waals surface area contributed by atoms with Crippen molar-refractivity contribution in [3.05, 3.63) is 119 Å². The molecule has 0 radical (unpaired) electrons. The van der Waals surface area contributed by atoms with E-state index in [9.17, 15) is 19.2 Å². The fourth-order valence-electron chi connectivity index (χ4n) is 4.09. The van der Waals surface area contributed by atoms with Gasteiger partial charge in [-0.1, -0.05) is 30.3 Å². The largest absolute Gasteiger partial charge is 0.493 e. The maximum absolute atomic E-state index is 13.5. The van der Waals surface area contributed by atoms with E-state index in [1.807, 2.05) is 6.07 Å². The fourth-order valence-corrected chi connectivity index (χ4v) is 5.02. The summed E-state index contributed by atoms with van der Waals surface area (Å²) >= 11 is 1.28. The van der Waals surface area contributed by atoms with Crippen LogP contribution >= 0.6 is 11.8 Å². The van der Waals surface area contributed by atoms with Gasteiger partial charge in [0.1, 0.15) is 5.70 Å². The van der Waals surface area contributed by atoms with Crippen LogP contribution in [0.25, 0.3) is 6.08 Å². The molecule has 0 aromatic heterocycles. The average molecular weight is 626 g/mol. The van der Waals surface area contributed by atoms with Crippen molar-refractivity contribution in [2.24, 2.45) is 0 Å². The van der Waals surface area contributed by atoms with Crippen LogP contribution < -0.4 is 25.4 Å². The predicted molar refractivity (Wildman–Crippen MR) is 174 cm³/mol. The van der Waals surface area contributed by atoms with Gasteiger partial charge < -0.3 is 30.5 Å². The lowest BCUT2D eigenvalue weighted by Gasteiger charge is -2.14. The lowest BCUT2D eigenvalue weighted by atomic mass is 10.1. The number of methoxy groups -OCH3 is 2. The number of carbonyl (C=O) groups is 4. The van der Waals surface area contributed by atoms with Gasteiger partial charge in [0.05, 0.1) is 25.0 Å². The summed E-state index contributed by atoms with van der Waals surface area (Å²) in [4.78, 5) is 51.1. The Kier molecular flexibility index (Phi) is 11.0. The Morgan fingerprint density at radius 3 is 2.13 bits per heavy atom. The van der Waals surface area contributed by atoms with Crippen molar-refractivity contribution in [1.29, 1.82) is 0 Å². The van der Waals surface area contributed by atoms with Crippen LogP contribution in [0.5, 0.6) is 11.5 Å². The van der Waals surface area contributed by atoms with Crippen molar-refractivity contribution < 1.29 is 33.8 Å². The molecule has 1 unspecified atom stereocenters.